The zero-order valence-corrected chi connectivity index (χ0v) is 8.37. The van der Waals surface area contributed by atoms with Crippen molar-refractivity contribution < 1.29 is 9.53 Å². The van der Waals surface area contributed by atoms with Crippen molar-refractivity contribution >= 4 is 6.09 Å². The molecule has 1 aliphatic carbocycles. The third-order valence-corrected chi connectivity index (χ3v) is 3.27. The molecule has 3 nitrogen and oxygen atoms in total. The summed E-state index contributed by atoms with van der Waals surface area (Å²) < 4.78 is 5.11. The molecule has 0 aromatic rings. The van der Waals surface area contributed by atoms with Gasteiger partial charge in [-0.3, -0.25) is 0 Å². The lowest BCUT2D eigenvalue weighted by Gasteiger charge is -2.28. The maximum absolute atomic E-state index is 11.1. The van der Waals surface area contributed by atoms with E-state index in [9.17, 15) is 4.79 Å². The lowest BCUT2D eigenvalue weighted by atomic mass is 9.82. The first-order valence-electron chi connectivity index (χ1n) is 5.41. The van der Waals surface area contributed by atoms with Crippen molar-refractivity contribution in [2.75, 3.05) is 0 Å². The van der Waals surface area contributed by atoms with Crippen LogP contribution in [0.15, 0.2) is 12.7 Å². The Bertz CT molecular complexity index is 233. The van der Waals surface area contributed by atoms with E-state index in [2.05, 4.69) is 11.9 Å². The predicted molar refractivity (Wildman–Crippen MR) is 54.0 cm³/mol. The van der Waals surface area contributed by atoms with Crippen molar-refractivity contribution in [3.8, 4) is 0 Å². The fourth-order valence-corrected chi connectivity index (χ4v) is 2.52. The molecule has 0 unspecified atom stereocenters. The number of rotatable bonds is 2. The van der Waals surface area contributed by atoms with E-state index in [1.54, 1.807) is 6.08 Å². The van der Waals surface area contributed by atoms with Crippen molar-refractivity contribution in [1.29, 1.82) is 0 Å². The van der Waals surface area contributed by atoms with E-state index in [0.717, 1.165) is 0 Å². The van der Waals surface area contributed by atoms with Crippen LogP contribution in [0.4, 0.5) is 4.79 Å². The Morgan fingerprint density at radius 2 is 2.07 bits per heavy atom. The smallest absolute Gasteiger partial charge is 0.408 e. The number of carbonyl (C=O) groups excluding carboxylic acids is 1. The van der Waals surface area contributed by atoms with Gasteiger partial charge in [0.05, 0.1) is 6.04 Å². The quantitative estimate of drug-likeness (QED) is 0.686. The van der Waals surface area contributed by atoms with E-state index in [4.69, 9.17) is 4.74 Å². The number of ether oxygens (including phenoxy) is 1. The summed E-state index contributed by atoms with van der Waals surface area (Å²) in [4.78, 5) is 11.1. The van der Waals surface area contributed by atoms with Crippen LogP contribution in [0.1, 0.15) is 32.1 Å². The first-order chi connectivity index (χ1) is 6.81. The summed E-state index contributed by atoms with van der Waals surface area (Å²) in [5, 5.41) is 2.89. The van der Waals surface area contributed by atoms with E-state index in [0.29, 0.717) is 5.92 Å². The van der Waals surface area contributed by atoms with Crippen LogP contribution in [0.2, 0.25) is 0 Å². The van der Waals surface area contributed by atoms with E-state index < -0.39 is 0 Å². The zero-order chi connectivity index (χ0) is 9.97. The zero-order valence-electron chi connectivity index (χ0n) is 8.37. The molecule has 1 saturated carbocycles. The number of hydrogen-bond acceptors (Lipinski definition) is 2. The van der Waals surface area contributed by atoms with Crippen LogP contribution < -0.4 is 5.32 Å². The molecule has 1 saturated heterocycles. The van der Waals surface area contributed by atoms with Crippen molar-refractivity contribution in [2.24, 2.45) is 5.92 Å². The number of nitrogens with one attached hydrogen (secondary N) is 1. The molecule has 1 heterocycles. The van der Waals surface area contributed by atoms with Crippen molar-refractivity contribution in [2.45, 2.75) is 44.2 Å². The number of hydrogen-bond donors (Lipinski definition) is 1. The first kappa shape index (κ1) is 9.56. The highest BCUT2D eigenvalue weighted by Gasteiger charge is 2.37. The van der Waals surface area contributed by atoms with Gasteiger partial charge in [0.15, 0.2) is 0 Å². The third kappa shape index (κ3) is 1.76. The second kappa shape index (κ2) is 4.03. The van der Waals surface area contributed by atoms with Gasteiger partial charge in [-0.05, 0) is 24.8 Å². The van der Waals surface area contributed by atoms with Gasteiger partial charge in [0.1, 0.15) is 6.10 Å². The lowest BCUT2D eigenvalue weighted by molar-refractivity contribution is 0.143. The van der Waals surface area contributed by atoms with Crippen LogP contribution in [0.5, 0.6) is 0 Å². The van der Waals surface area contributed by atoms with Gasteiger partial charge in [0, 0.05) is 0 Å². The molecular weight excluding hydrogens is 178 g/mol. The molecule has 0 aromatic heterocycles. The Hall–Kier alpha value is -0.990. The van der Waals surface area contributed by atoms with Crippen LogP contribution in [-0.2, 0) is 4.74 Å². The van der Waals surface area contributed by atoms with E-state index in [1.807, 2.05) is 0 Å². The standard InChI is InChI=1S/C11H17NO2/c1-2-9-10(12-11(13)14-9)8-6-4-3-5-7-8/h2,8-10H,1,3-7H2,(H,12,13)/t9-,10+/m1/s1. The predicted octanol–water partition coefficient (Wildman–Crippen LogP) is 2.23. The molecule has 2 atom stereocenters. The van der Waals surface area contributed by atoms with Gasteiger partial charge in [-0.25, -0.2) is 4.79 Å². The van der Waals surface area contributed by atoms with Crippen molar-refractivity contribution in [1.82, 2.24) is 5.32 Å². The van der Waals surface area contributed by atoms with Crippen LogP contribution in [0, 0.1) is 5.92 Å². The molecular formula is C11H17NO2. The Labute approximate surface area is 84.5 Å². The average Bonchev–Trinajstić information content (AvgIpc) is 2.61. The second-order valence-electron chi connectivity index (χ2n) is 4.17. The minimum absolute atomic E-state index is 0.120. The number of alkyl carbamates (subject to hydrolysis) is 1. The summed E-state index contributed by atoms with van der Waals surface area (Å²) in [6.45, 7) is 3.70. The summed E-state index contributed by atoms with van der Waals surface area (Å²) in [5.41, 5.74) is 0. The molecule has 0 aromatic carbocycles. The van der Waals surface area contributed by atoms with Gasteiger partial charge in [-0.15, -0.1) is 0 Å². The summed E-state index contributed by atoms with van der Waals surface area (Å²) in [7, 11) is 0. The van der Waals surface area contributed by atoms with Gasteiger partial charge in [-0.1, -0.05) is 25.8 Å². The highest BCUT2D eigenvalue weighted by atomic mass is 16.6. The average molecular weight is 195 g/mol. The molecule has 0 bridgehead atoms. The first-order valence-corrected chi connectivity index (χ1v) is 5.41. The molecule has 1 amide bonds. The molecule has 0 radical (unpaired) electrons. The summed E-state index contributed by atoms with van der Waals surface area (Å²) in [6.07, 6.45) is 7.63. The van der Waals surface area contributed by atoms with E-state index in [-0.39, 0.29) is 18.2 Å². The third-order valence-electron chi connectivity index (χ3n) is 3.27. The maximum atomic E-state index is 11.1. The van der Waals surface area contributed by atoms with Crippen LogP contribution in [0.25, 0.3) is 0 Å². The number of cyclic esters (lactones) is 1. The van der Waals surface area contributed by atoms with Gasteiger partial charge in [0.2, 0.25) is 0 Å². The van der Waals surface area contributed by atoms with Gasteiger partial charge in [-0.2, -0.15) is 0 Å². The minimum atomic E-state index is -0.287. The molecule has 2 aliphatic rings. The summed E-state index contributed by atoms with van der Waals surface area (Å²) >= 11 is 0. The van der Waals surface area contributed by atoms with Gasteiger partial charge >= 0.3 is 6.09 Å². The maximum Gasteiger partial charge on any atom is 0.408 e. The summed E-state index contributed by atoms with van der Waals surface area (Å²) in [6, 6.07) is 0.167. The van der Waals surface area contributed by atoms with Crippen molar-refractivity contribution in [3.63, 3.8) is 0 Å². The Kier molecular flexibility index (Phi) is 2.75. The molecule has 2 fully saturated rings. The highest BCUT2D eigenvalue weighted by Crippen LogP contribution is 2.30. The minimum Gasteiger partial charge on any atom is -0.440 e. The lowest BCUT2D eigenvalue weighted by Crippen LogP contribution is -2.39. The van der Waals surface area contributed by atoms with E-state index in [1.165, 1.54) is 32.1 Å². The molecule has 14 heavy (non-hydrogen) atoms. The molecule has 3 heteroatoms. The number of carbonyl (C=O) groups is 1. The Morgan fingerprint density at radius 1 is 1.36 bits per heavy atom. The van der Waals surface area contributed by atoms with E-state index >= 15 is 0 Å². The van der Waals surface area contributed by atoms with Crippen LogP contribution in [-0.4, -0.2) is 18.2 Å². The molecule has 1 aliphatic heterocycles. The molecule has 78 valence electrons. The van der Waals surface area contributed by atoms with Gasteiger partial charge < -0.3 is 10.1 Å². The summed E-state index contributed by atoms with van der Waals surface area (Å²) in [5.74, 6) is 0.582. The topological polar surface area (TPSA) is 38.3 Å². The highest BCUT2D eigenvalue weighted by molar-refractivity contribution is 5.70. The molecule has 1 N–H and O–H groups in total. The Balaban J connectivity index is 2.00. The largest absolute Gasteiger partial charge is 0.440 e. The van der Waals surface area contributed by atoms with Crippen LogP contribution in [0.3, 0.4) is 0 Å². The fourth-order valence-electron chi connectivity index (χ4n) is 2.52. The SMILES string of the molecule is C=C[C@H]1OC(=O)N[C@H]1C1CCCCC1. The second-order valence-corrected chi connectivity index (χ2v) is 4.17. The normalized spacial score (nSPS) is 33.6. The van der Waals surface area contributed by atoms with Gasteiger partial charge in [0.25, 0.3) is 0 Å². The molecule has 0 spiro atoms. The van der Waals surface area contributed by atoms with Crippen molar-refractivity contribution in [3.05, 3.63) is 12.7 Å². The monoisotopic (exact) mass is 195 g/mol. The van der Waals surface area contributed by atoms with Crippen LogP contribution >= 0.6 is 0 Å². The fraction of sp³-hybridized carbons (Fsp3) is 0.727. The Morgan fingerprint density at radius 3 is 2.71 bits per heavy atom. The number of amides is 1. The molecule has 2 rings (SSSR count).